The first-order chi connectivity index (χ1) is 10.8. The van der Waals surface area contributed by atoms with Gasteiger partial charge in [-0.05, 0) is 6.92 Å². The highest BCUT2D eigenvalue weighted by Gasteiger charge is 2.51. The summed E-state index contributed by atoms with van der Waals surface area (Å²) in [4.78, 5) is 38.5. The lowest BCUT2D eigenvalue weighted by Gasteiger charge is -2.41. The molecule has 0 radical (unpaired) electrons. The summed E-state index contributed by atoms with van der Waals surface area (Å²) in [6.07, 6.45) is -1.88. The quantitative estimate of drug-likeness (QED) is 0.682. The molecule has 128 valence electrons. The minimum Gasteiger partial charge on any atom is -0.463 e. The van der Waals surface area contributed by atoms with Gasteiger partial charge in [-0.1, -0.05) is 0 Å². The number of ketones is 1. The first kappa shape index (κ1) is 17.4. The third kappa shape index (κ3) is 4.28. The largest absolute Gasteiger partial charge is 0.463 e. The van der Waals surface area contributed by atoms with Crippen LogP contribution in [0.25, 0.3) is 0 Å². The molecule has 0 amide bonds. The number of esters is 2. The number of hydrogen-bond donors (Lipinski definition) is 0. The van der Waals surface area contributed by atoms with Gasteiger partial charge in [0.2, 0.25) is 6.29 Å². The van der Waals surface area contributed by atoms with Gasteiger partial charge in [0.25, 0.3) is 0 Å². The number of fused-ring (bicyclic) bond motifs is 1. The van der Waals surface area contributed by atoms with Crippen molar-refractivity contribution in [2.75, 3.05) is 6.61 Å². The fraction of sp³-hybridized carbons (Fsp3) is 0.733. The number of carbonyl (C=O) groups excluding carboxylic acids is 3. The lowest BCUT2D eigenvalue weighted by Crippen LogP contribution is -2.56. The number of ether oxygens (including phenoxy) is 4. The van der Waals surface area contributed by atoms with Crippen molar-refractivity contribution in [1.82, 2.24) is 0 Å². The Kier molecular flexibility index (Phi) is 5.35. The lowest BCUT2D eigenvalue weighted by atomic mass is 9.84. The maximum absolute atomic E-state index is 11.6. The van der Waals surface area contributed by atoms with Crippen molar-refractivity contribution in [3.8, 4) is 0 Å². The van der Waals surface area contributed by atoms with Crippen LogP contribution in [0.15, 0.2) is 4.99 Å². The summed E-state index contributed by atoms with van der Waals surface area (Å²) in [6.45, 7) is 5.65. The monoisotopic (exact) mass is 327 g/mol. The van der Waals surface area contributed by atoms with E-state index in [-0.39, 0.29) is 18.8 Å². The first-order valence-corrected chi connectivity index (χ1v) is 7.44. The van der Waals surface area contributed by atoms with Crippen LogP contribution >= 0.6 is 0 Å². The average Bonchev–Trinajstić information content (AvgIpc) is 2.78. The van der Waals surface area contributed by atoms with Crippen LogP contribution < -0.4 is 0 Å². The molecule has 5 unspecified atom stereocenters. The van der Waals surface area contributed by atoms with Gasteiger partial charge in [0.15, 0.2) is 11.9 Å². The van der Waals surface area contributed by atoms with Crippen molar-refractivity contribution < 1.29 is 33.3 Å². The van der Waals surface area contributed by atoms with Gasteiger partial charge < -0.3 is 23.7 Å². The molecule has 8 nitrogen and oxygen atoms in total. The van der Waals surface area contributed by atoms with Crippen molar-refractivity contribution in [3.05, 3.63) is 0 Å². The third-order valence-corrected chi connectivity index (χ3v) is 3.72. The van der Waals surface area contributed by atoms with E-state index in [1.165, 1.54) is 20.8 Å². The Hall–Kier alpha value is -1.96. The van der Waals surface area contributed by atoms with Gasteiger partial charge in [-0.25, -0.2) is 4.99 Å². The fourth-order valence-corrected chi connectivity index (χ4v) is 2.90. The van der Waals surface area contributed by atoms with Crippen LogP contribution in [0.4, 0.5) is 0 Å². The molecule has 0 bridgehead atoms. The van der Waals surface area contributed by atoms with E-state index >= 15 is 0 Å². The second-order valence-corrected chi connectivity index (χ2v) is 5.75. The molecule has 2 rings (SSSR count). The van der Waals surface area contributed by atoms with Crippen molar-refractivity contribution in [3.63, 3.8) is 0 Å². The normalized spacial score (nSPS) is 32.3. The molecule has 1 saturated heterocycles. The summed E-state index contributed by atoms with van der Waals surface area (Å²) in [5.41, 5.74) is 0. The molecule has 0 N–H and O–H groups in total. The van der Waals surface area contributed by atoms with Gasteiger partial charge in [0, 0.05) is 33.1 Å². The van der Waals surface area contributed by atoms with Crippen LogP contribution in [-0.4, -0.2) is 54.8 Å². The van der Waals surface area contributed by atoms with E-state index in [4.69, 9.17) is 18.9 Å². The van der Waals surface area contributed by atoms with E-state index in [0.717, 1.165) is 0 Å². The molecule has 0 aliphatic carbocycles. The number of Topliss-reactive ketones (excluding diaryl/α,β-unsaturated/α-hetero) is 1. The SMILES string of the molecule is CC(=O)CC1C(COC(C)=O)OC2OC(C)=NC2C1OC(C)=O. The zero-order valence-corrected chi connectivity index (χ0v) is 13.6. The molecule has 2 heterocycles. The van der Waals surface area contributed by atoms with Crippen molar-refractivity contribution in [1.29, 1.82) is 0 Å². The molecule has 1 fully saturated rings. The second kappa shape index (κ2) is 7.08. The Morgan fingerprint density at radius 2 is 1.87 bits per heavy atom. The Morgan fingerprint density at radius 1 is 1.17 bits per heavy atom. The number of hydrogen-bond acceptors (Lipinski definition) is 8. The minimum absolute atomic E-state index is 0.0450. The van der Waals surface area contributed by atoms with E-state index < -0.39 is 42.4 Å². The van der Waals surface area contributed by atoms with Crippen LogP contribution in [-0.2, 0) is 33.3 Å². The average molecular weight is 327 g/mol. The molecule has 2 aliphatic heterocycles. The Labute approximate surface area is 134 Å². The summed E-state index contributed by atoms with van der Waals surface area (Å²) in [6, 6.07) is -0.531. The zero-order valence-electron chi connectivity index (χ0n) is 13.6. The van der Waals surface area contributed by atoms with Crippen molar-refractivity contribution in [2.24, 2.45) is 10.9 Å². The van der Waals surface area contributed by atoms with Crippen LogP contribution in [0.5, 0.6) is 0 Å². The number of aliphatic imine (C=N–C) groups is 1. The zero-order chi connectivity index (χ0) is 17.1. The highest BCUT2D eigenvalue weighted by Crippen LogP contribution is 2.36. The molecule has 8 heteroatoms. The van der Waals surface area contributed by atoms with Gasteiger partial charge in [-0.2, -0.15) is 0 Å². The molecule has 5 atom stereocenters. The maximum atomic E-state index is 11.6. The number of carbonyl (C=O) groups is 3. The molecule has 2 aliphatic rings. The third-order valence-electron chi connectivity index (χ3n) is 3.72. The Morgan fingerprint density at radius 3 is 2.43 bits per heavy atom. The van der Waals surface area contributed by atoms with Gasteiger partial charge in [-0.15, -0.1) is 0 Å². The van der Waals surface area contributed by atoms with E-state index in [9.17, 15) is 14.4 Å². The molecule has 0 aromatic carbocycles. The predicted octanol–water partition coefficient (Wildman–Crippen LogP) is 0.619. The molecule has 0 aromatic rings. The summed E-state index contributed by atoms with van der Waals surface area (Å²) in [5, 5.41) is 0. The predicted molar refractivity (Wildman–Crippen MR) is 77.6 cm³/mol. The van der Waals surface area contributed by atoms with Gasteiger partial charge in [0.05, 0.1) is 0 Å². The van der Waals surface area contributed by atoms with Crippen LogP contribution in [0.2, 0.25) is 0 Å². The van der Waals surface area contributed by atoms with Crippen LogP contribution in [0, 0.1) is 5.92 Å². The van der Waals surface area contributed by atoms with E-state index in [1.807, 2.05) is 0 Å². The smallest absolute Gasteiger partial charge is 0.302 e. The molecule has 0 spiro atoms. The highest BCUT2D eigenvalue weighted by molar-refractivity contribution is 5.77. The first-order valence-electron chi connectivity index (χ1n) is 7.44. The Bertz CT molecular complexity index is 530. The number of nitrogens with zero attached hydrogens (tertiary/aromatic N) is 1. The van der Waals surface area contributed by atoms with Gasteiger partial charge >= 0.3 is 11.9 Å². The van der Waals surface area contributed by atoms with E-state index in [1.54, 1.807) is 6.92 Å². The fourth-order valence-electron chi connectivity index (χ4n) is 2.90. The van der Waals surface area contributed by atoms with Crippen molar-refractivity contribution in [2.45, 2.75) is 58.7 Å². The standard InChI is InChI=1S/C15H21NO7/c1-7(17)5-11-12(6-20-9(3)18)23-15-13(16-8(2)21-15)14(11)22-10(4)19/h11-15H,5-6H2,1-4H3. The molecular weight excluding hydrogens is 306 g/mol. The lowest BCUT2D eigenvalue weighted by molar-refractivity contribution is -0.227. The summed E-state index contributed by atoms with van der Waals surface area (Å²) < 4.78 is 21.7. The van der Waals surface area contributed by atoms with Crippen molar-refractivity contribution >= 4 is 23.6 Å². The minimum atomic E-state index is -0.719. The summed E-state index contributed by atoms with van der Waals surface area (Å²) >= 11 is 0. The maximum Gasteiger partial charge on any atom is 0.302 e. The summed E-state index contributed by atoms with van der Waals surface area (Å²) in [7, 11) is 0. The molecule has 0 saturated carbocycles. The molecular formula is C15H21NO7. The van der Waals surface area contributed by atoms with Gasteiger partial charge in [0.1, 0.15) is 24.6 Å². The van der Waals surface area contributed by atoms with Gasteiger partial charge in [-0.3, -0.25) is 9.59 Å². The second-order valence-electron chi connectivity index (χ2n) is 5.75. The molecule has 23 heavy (non-hydrogen) atoms. The highest BCUT2D eigenvalue weighted by atomic mass is 16.7. The molecule has 0 aromatic heterocycles. The van der Waals surface area contributed by atoms with E-state index in [0.29, 0.717) is 5.90 Å². The number of rotatable bonds is 5. The topological polar surface area (TPSA) is 100 Å². The van der Waals surface area contributed by atoms with Crippen LogP contribution in [0.1, 0.15) is 34.1 Å². The van der Waals surface area contributed by atoms with E-state index in [2.05, 4.69) is 4.99 Å². The Balaban J connectivity index is 2.26. The van der Waals surface area contributed by atoms with Crippen LogP contribution in [0.3, 0.4) is 0 Å². The summed E-state index contributed by atoms with van der Waals surface area (Å²) in [5.74, 6) is -1.06.